The van der Waals surface area contributed by atoms with E-state index < -0.39 is 39.3 Å². The molecule has 0 aliphatic heterocycles. The molecule has 172 valence electrons. The molecule has 1 unspecified atom stereocenters. The molecule has 33 heavy (non-hydrogen) atoms. The van der Waals surface area contributed by atoms with Crippen LogP contribution in [0.4, 0.5) is 5.69 Å². The van der Waals surface area contributed by atoms with E-state index in [1.165, 1.54) is 42.7 Å². The smallest absolute Gasteiger partial charge is 0.338 e. The van der Waals surface area contributed by atoms with Crippen molar-refractivity contribution in [2.75, 3.05) is 7.05 Å². The first-order chi connectivity index (χ1) is 15.6. The van der Waals surface area contributed by atoms with E-state index in [-0.39, 0.29) is 21.9 Å². The summed E-state index contributed by atoms with van der Waals surface area (Å²) >= 11 is 0. The standard InChI is InChI=1S/C22H20N2O8S/c1-15-5-11-18(12-6-15)33(29,30)23(2)21(25)14-20(19-4-3-13-31-19)32-22(26)16-7-9-17(10-8-16)24(27)28/h3-13,20H,14H2,1-2H3. The maximum Gasteiger partial charge on any atom is 0.338 e. The lowest BCUT2D eigenvalue weighted by molar-refractivity contribution is -0.384. The fraction of sp³-hybridized carbons (Fsp3) is 0.182. The van der Waals surface area contributed by atoms with Crippen molar-refractivity contribution in [3.8, 4) is 0 Å². The zero-order valence-electron chi connectivity index (χ0n) is 17.7. The van der Waals surface area contributed by atoms with E-state index in [0.29, 0.717) is 4.31 Å². The molecule has 0 radical (unpaired) electrons. The first-order valence-electron chi connectivity index (χ1n) is 9.67. The predicted octanol–water partition coefficient (Wildman–Crippen LogP) is 3.63. The molecule has 3 aromatic rings. The van der Waals surface area contributed by atoms with E-state index in [1.54, 1.807) is 19.1 Å². The molecule has 0 saturated heterocycles. The first kappa shape index (κ1) is 23.7. The third kappa shape index (κ3) is 5.44. The minimum atomic E-state index is -4.11. The van der Waals surface area contributed by atoms with E-state index >= 15 is 0 Å². The molecule has 0 spiro atoms. The molecule has 1 atom stereocenters. The van der Waals surface area contributed by atoms with Crippen LogP contribution in [0.15, 0.2) is 76.2 Å². The van der Waals surface area contributed by atoms with Gasteiger partial charge in [0.2, 0.25) is 5.91 Å². The van der Waals surface area contributed by atoms with Gasteiger partial charge in [-0.3, -0.25) is 14.9 Å². The minimum Gasteiger partial charge on any atom is -0.465 e. The number of nitrogens with zero attached hydrogens (tertiary/aromatic N) is 2. The SMILES string of the molecule is Cc1ccc(S(=O)(=O)N(C)C(=O)CC(OC(=O)c2ccc([N+](=O)[O-])cc2)c2ccco2)cc1. The molecule has 10 nitrogen and oxygen atoms in total. The van der Waals surface area contributed by atoms with Crippen LogP contribution in [-0.2, 0) is 19.6 Å². The highest BCUT2D eigenvalue weighted by molar-refractivity contribution is 7.89. The van der Waals surface area contributed by atoms with Crippen molar-refractivity contribution in [1.29, 1.82) is 0 Å². The number of benzene rings is 2. The Morgan fingerprint density at radius 3 is 2.27 bits per heavy atom. The molecular weight excluding hydrogens is 452 g/mol. The second kappa shape index (κ2) is 9.65. The summed E-state index contributed by atoms with van der Waals surface area (Å²) in [6, 6.07) is 13.8. The van der Waals surface area contributed by atoms with Gasteiger partial charge in [0, 0.05) is 19.2 Å². The van der Waals surface area contributed by atoms with Gasteiger partial charge < -0.3 is 9.15 Å². The average Bonchev–Trinajstić information content (AvgIpc) is 3.33. The summed E-state index contributed by atoms with van der Waals surface area (Å²) in [7, 11) is -2.99. The fourth-order valence-corrected chi connectivity index (χ4v) is 4.02. The van der Waals surface area contributed by atoms with Crippen molar-refractivity contribution < 1.29 is 32.1 Å². The van der Waals surface area contributed by atoms with Crippen molar-refractivity contribution in [3.05, 3.63) is 93.9 Å². The lowest BCUT2D eigenvalue weighted by Gasteiger charge is -2.21. The van der Waals surface area contributed by atoms with Crippen LogP contribution in [0.1, 0.15) is 34.2 Å². The van der Waals surface area contributed by atoms with Gasteiger partial charge in [0.05, 0.1) is 28.1 Å². The van der Waals surface area contributed by atoms with Crippen LogP contribution in [0, 0.1) is 17.0 Å². The third-order valence-electron chi connectivity index (χ3n) is 4.81. The number of carbonyl (C=O) groups is 2. The lowest BCUT2D eigenvalue weighted by atomic mass is 10.1. The zero-order valence-corrected chi connectivity index (χ0v) is 18.5. The Morgan fingerprint density at radius 1 is 1.09 bits per heavy atom. The number of carbonyl (C=O) groups excluding carboxylic acids is 2. The number of hydrogen-bond acceptors (Lipinski definition) is 8. The molecule has 0 saturated carbocycles. The molecule has 1 heterocycles. The molecule has 1 aromatic heterocycles. The number of amides is 1. The van der Waals surface area contributed by atoms with E-state index in [2.05, 4.69) is 0 Å². The molecule has 11 heteroatoms. The largest absolute Gasteiger partial charge is 0.465 e. The summed E-state index contributed by atoms with van der Waals surface area (Å²) in [5.41, 5.74) is 0.677. The summed E-state index contributed by atoms with van der Waals surface area (Å²) < 4.78 is 36.8. The van der Waals surface area contributed by atoms with Gasteiger partial charge in [-0.1, -0.05) is 17.7 Å². The third-order valence-corrected chi connectivity index (χ3v) is 6.61. The normalized spacial score (nSPS) is 12.1. The maximum absolute atomic E-state index is 12.8. The van der Waals surface area contributed by atoms with Gasteiger partial charge in [0.15, 0.2) is 6.10 Å². The summed E-state index contributed by atoms with van der Waals surface area (Å²) in [6.07, 6.45) is -0.404. The number of sulfonamides is 1. The Morgan fingerprint density at radius 2 is 1.73 bits per heavy atom. The van der Waals surface area contributed by atoms with Gasteiger partial charge in [-0.15, -0.1) is 0 Å². The molecule has 1 amide bonds. The van der Waals surface area contributed by atoms with E-state index in [9.17, 15) is 28.1 Å². The summed E-state index contributed by atoms with van der Waals surface area (Å²) in [4.78, 5) is 35.5. The van der Waals surface area contributed by atoms with Crippen molar-refractivity contribution in [1.82, 2.24) is 4.31 Å². The van der Waals surface area contributed by atoms with Gasteiger partial charge in [-0.05, 0) is 43.3 Å². The van der Waals surface area contributed by atoms with Crippen LogP contribution >= 0.6 is 0 Å². The van der Waals surface area contributed by atoms with Crippen LogP contribution in [-0.4, -0.2) is 36.6 Å². The quantitative estimate of drug-likeness (QED) is 0.275. The van der Waals surface area contributed by atoms with Crippen LogP contribution in [0.3, 0.4) is 0 Å². The van der Waals surface area contributed by atoms with Crippen molar-refractivity contribution in [3.63, 3.8) is 0 Å². The Labute approximate surface area is 189 Å². The van der Waals surface area contributed by atoms with E-state index in [4.69, 9.17) is 9.15 Å². The van der Waals surface area contributed by atoms with Gasteiger partial charge in [-0.25, -0.2) is 17.5 Å². The summed E-state index contributed by atoms with van der Waals surface area (Å²) in [5, 5.41) is 10.8. The number of rotatable bonds is 8. The molecule has 2 aromatic carbocycles. The van der Waals surface area contributed by atoms with Crippen LogP contribution in [0.5, 0.6) is 0 Å². The Balaban J connectivity index is 1.79. The Bertz CT molecular complexity index is 1250. The molecule has 0 N–H and O–H groups in total. The number of esters is 1. The van der Waals surface area contributed by atoms with Crippen molar-refractivity contribution in [2.45, 2.75) is 24.3 Å². The molecular formula is C22H20N2O8S. The topological polar surface area (TPSA) is 137 Å². The molecule has 0 bridgehead atoms. The van der Waals surface area contributed by atoms with Gasteiger partial charge >= 0.3 is 5.97 Å². The average molecular weight is 472 g/mol. The second-order valence-corrected chi connectivity index (χ2v) is 9.07. The second-order valence-electron chi connectivity index (χ2n) is 7.10. The number of non-ortho nitro benzene ring substituents is 1. The zero-order chi connectivity index (χ0) is 24.2. The number of nitro benzene ring substituents is 1. The molecule has 0 aliphatic rings. The van der Waals surface area contributed by atoms with E-state index in [1.807, 2.05) is 0 Å². The Hall–Kier alpha value is -3.99. The summed E-state index contributed by atoms with van der Waals surface area (Å²) in [5.74, 6) is -1.55. The lowest BCUT2D eigenvalue weighted by Crippen LogP contribution is -2.34. The Kier molecular flexibility index (Phi) is 6.92. The minimum absolute atomic E-state index is 0.0187. The predicted molar refractivity (Wildman–Crippen MR) is 116 cm³/mol. The monoisotopic (exact) mass is 472 g/mol. The highest BCUT2D eigenvalue weighted by atomic mass is 32.2. The van der Waals surface area contributed by atoms with Crippen LogP contribution in [0.25, 0.3) is 0 Å². The number of hydrogen-bond donors (Lipinski definition) is 0. The highest BCUT2D eigenvalue weighted by Crippen LogP contribution is 2.26. The van der Waals surface area contributed by atoms with Crippen LogP contribution < -0.4 is 0 Å². The maximum atomic E-state index is 12.8. The number of furan rings is 1. The van der Waals surface area contributed by atoms with E-state index in [0.717, 1.165) is 24.7 Å². The molecule has 0 aliphatic carbocycles. The van der Waals surface area contributed by atoms with Gasteiger partial charge in [0.25, 0.3) is 15.7 Å². The molecule has 3 rings (SSSR count). The van der Waals surface area contributed by atoms with Gasteiger partial charge in [0.1, 0.15) is 5.76 Å². The summed E-state index contributed by atoms with van der Waals surface area (Å²) in [6.45, 7) is 1.80. The highest BCUT2D eigenvalue weighted by Gasteiger charge is 2.31. The molecule has 0 fully saturated rings. The number of ether oxygens (including phenoxy) is 1. The number of aryl methyl sites for hydroxylation is 1. The van der Waals surface area contributed by atoms with Gasteiger partial charge in [-0.2, -0.15) is 0 Å². The first-order valence-corrected chi connectivity index (χ1v) is 11.1. The fourth-order valence-electron chi connectivity index (χ4n) is 2.88. The van der Waals surface area contributed by atoms with Crippen molar-refractivity contribution >= 4 is 27.6 Å². The number of nitro groups is 1. The van der Waals surface area contributed by atoms with Crippen molar-refractivity contribution in [2.24, 2.45) is 0 Å². The van der Waals surface area contributed by atoms with Crippen LogP contribution in [0.2, 0.25) is 0 Å².